The van der Waals surface area contributed by atoms with Crippen LogP contribution >= 0.6 is 0 Å². The Balaban J connectivity index is 1.44. The van der Waals surface area contributed by atoms with Gasteiger partial charge in [-0.15, -0.1) is 0 Å². The first-order chi connectivity index (χ1) is 16.3. The van der Waals surface area contributed by atoms with Gasteiger partial charge in [0.1, 0.15) is 0 Å². The first-order valence-electron chi connectivity index (χ1n) is 10.9. The zero-order chi connectivity index (χ0) is 21.8. The number of aromatic nitrogens is 4. The first kappa shape index (κ1) is 18.0. The normalized spacial score (nSPS) is 11.6. The molecule has 0 aliphatic carbocycles. The van der Waals surface area contributed by atoms with E-state index in [4.69, 9.17) is 4.98 Å². The Labute approximate surface area is 189 Å². The van der Waals surface area contributed by atoms with Crippen molar-refractivity contribution in [2.24, 2.45) is 0 Å². The molecule has 0 aliphatic heterocycles. The summed E-state index contributed by atoms with van der Waals surface area (Å²) in [6.45, 7) is 0. The number of rotatable bonds is 2. The number of nitrogens with zero attached hydrogens (tertiary/aromatic N) is 4. The lowest BCUT2D eigenvalue weighted by Crippen LogP contribution is -1.88. The number of hydrogen-bond acceptors (Lipinski definition) is 3. The topological polar surface area (TPSA) is 43.1 Å². The molecular weight excluding hydrogens is 404 g/mol. The zero-order valence-electron chi connectivity index (χ0n) is 17.7. The summed E-state index contributed by atoms with van der Waals surface area (Å²) < 4.78 is 1.94. The number of pyridine rings is 1. The van der Waals surface area contributed by atoms with Crippen LogP contribution in [0.1, 0.15) is 0 Å². The lowest BCUT2D eigenvalue weighted by molar-refractivity contribution is 1.11. The van der Waals surface area contributed by atoms with Crippen molar-refractivity contribution in [3.05, 3.63) is 110 Å². The lowest BCUT2D eigenvalue weighted by Gasteiger charge is -2.12. The van der Waals surface area contributed by atoms with E-state index in [1.165, 1.54) is 26.9 Å². The molecule has 33 heavy (non-hydrogen) atoms. The van der Waals surface area contributed by atoms with Crippen LogP contribution in [0.3, 0.4) is 0 Å². The molecule has 0 saturated heterocycles. The van der Waals surface area contributed by atoms with Crippen molar-refractivity contribution in [3.63, 3.8) is 0 Å². The van der Waals surface area contributed by atoms with E-state index in [0.29, 0.717) is 5.78 Å². The van der Waals surface area contributed by atoms with Crippen molar-refractivity contribution >= 4 is 38.2 Å². The van der Waals surface area contributed by atoms with E-state index in [1.54, 1.807) is 6.20 Å². The summed E-state index contributed by atoms with van der Waals surface area (Å²) in [5, 5.41) is 6.16. The third kappa shape index (κ3) is 2.81. The molecule has 3 aromatic heterocycles. The van der Waals surface area contributed by atoms with Crippen LogP contribution in [-0.2, 0) is 0 Å². The molecule has 4 nitrogen and oxygen atoms in total. The molecule has 0 saturated carbocycles. The Bertz CT molecular complexity index is 1780. The highest BCUT2D eigenvalue weighted by molar-refractivity contribution is 6.20. The SMILES string of the molecule is c1ccc2c(c1)ccc1c3cccnc3c(-c3ccc(-c4cn5cccnc5n4)cc3)cc21. The second-order valence-corrected chi connectivity index (χ2v) is 8.24. The van der Waals surface area contributed by atoms with Gasteiger partial charge in [-0.3, -0.25) is 9.38 Å². The average molecular weight is 422 g/mol. The summed E-state index contributed by atoms with van der Waals surface area (Å²) in [6, 6.07) is 29.9. The van der Waals surface area contributed by atoms with E-state index in [2.05, 4.69) is 82.8 Å². The third-order valence-electron chi connectivity index (χ3n) is 6.34. The van der Waals surface area contributed by atoms with Gasteiger partial charge in [0.25, 0.3) is 0 Å². The van der Waals surface area contributed by atoms with Gasteiger partial charge in [-0.2, -0.15) is 0 Å². The van der Waals surface area contributed by atoms with Crippen molar-refractivity contribution in [2.45, 2.75) is 0 Å². The minimum atomic E-state index is 0.702. The Morgan fingerprint density at radius 2 is 1.42 bits per heavy atom. The number of imidazole rings is 1. The van der Waals surface area contributed by atoms with E-state index >= 15 is 0 Å². The maximum absolute atomic E-state index is 4.77. The maximum Gasteiger partial charge on any atom is 0.234 e. The monoisotopic (exact) mass is 422 g/mol. The van der Waals surface area contributed by atoms with E-state index in [-0.39, 0.29) is 0 Å². The fourth-order valence-corrected chi connectivity index (χ4v) is 4.75. The van der Waals surface area contributed by atoms with Crippen molar-refractivity contribution in [3.8, 4) is 22.4 Å². The summed E-state index contributed by atoms with van der Waals surface area (Å²) in [5.41, 5.74) is 5.27. The molecule has 0 aliphatic rings. The van der Waals surface area contributed by atoms with Gasteiger partial charge in [0.15, 0.2) is 0 Å². The first-order valence-corrected chi connectivity index (χ1v) is 10.9. The van der Waals surface area contributed by atoms with Gasteiger partial charge in [-0.25, -0.2) is 9.97 Å². The molecular formula is C29H18N4. The second-order valence-electron chi connectivity index (χ2n) is 8.24. The lowest BCUT2D eigenvalue weighted by atomic mass is 9.93. The molecule has 0 bridgehead atoms. The number of hydrogen-bond donors (Lipinski definition) is 0. The van der Waals surface area contributed by atoms with E-state index < -0.39 is 0 Å². The fourth-order valence-electron chi connectivity index (χ4n) is 4.75. The summed E-state index contributed by atoms with van der Waals surface area (Å²) >= 11 is 0. The van der Waals surface area contributed by atoms with Crippen LogP contribution in [0.25, 0.3) is 60.6 Å². The second kappa shape index (κ2) is 6.97. The molecule has 0 spiro atoms. The summed E-state index contributed by atoms with van der Waals surface area (Å²) in [6.07, 6.45) is 7.61. The molecule has 7 rings (SSSR count). The van der Waals surface area contributed by atoms with Gasteiger partial charge >= 0.3 is 0 Å². The molecule has 7 aromatic rings. The molecule has 0 fully saturated rings. The van der Waals surface area contributed by atoms with Crippen LogP contribution in [0, 0.1) is 0 Å². The molecule has 0 N–H and O–H groups in total. The molecule has 4 heteroatoms. The highest BCUT2D eigenvalue weighted by atomic mass is 15.1. The Morgan fingerprint density at radius 1 is 0.606 bits per heavy atom. The predicted octanol–water partition coefficient (Wildman–Crippen LogP) is 6.92. The molecule has 0 amide bonds. The van der Waals surface area contributed by atoms with Gasteiger partial charge in [-0.1, -0.05) is 66.7 Å². The molecule has 0 radical (unpaired) electrons. The van der Waals surface area contributed by atoms with Crippen LogP contribution in [0.5, 0.6) is 0 Å². The Hall–Kier alpha value is -4.57. The van der Waals surface area contributed by atoms with Crippen LogP contribution in [0.4, 0.5) is 0 Å². The summed E-state index contributed by atoms with van der Waals surface area (Å²) in [7, 11) is 0. The molecule has 154 valence electrons. The largest absolute Gasteiger partial charge is 0.291 e. The maximum atomic E-state index is 4.77. The Morgan fingerprint density at radius 3 is 2.33 bits per heavy atom. The zero-order valence-corrected chi connectivity index (χ0v) is 17.7. The highest BCUT2D eigenvalue weighted by Gasteiger charge is 2.12. The van der Waals surface area contributed by atoms with Crippen molar-refractivity contribution in [1.82, 2.24) is 19.4 Å². The Kier molecular flexibility index (Phi) is 3.81. The van der Waals surface area contributed by atoms with Gasteiger partial charge < -0.3 is 0 Å². The van der Waals surface area contributed by atoms with E-state index in [9.17, 15) is 0 Å². The van der Waals surface area contributed by atoms with E-state index in [1.807, 2.05) is 35.1 Å². The fraction of sp³-hybridized carbons (Fsp3) is 0. The standard InChI is InChI=1S/C29H18N4/c1-2-6-22-19(5-1)12-13-23-24-7-3-14-30-28(24)25(17-26(22)23)20-8-10-21(11-9-20)27-18-33-16-4-15-31-29(33)32-27/h1-18H. The number of benzene rings is 4. The summed E-state index contributed by atoms with van der Waals surface area (Å²) in [5.74, 6) is 0.702. The van der Waals surface area contributed by atoms with Crippen LogP contribution in [0.2, 0.25) is 0 Å². The quantitative estimate of drug-likeness (QED) is 0.284. The molecule has 4 aromatic carbocycles. The number of fused-ring (bicyclic) bond motifs is 6. The van der Waals surface area contributed by atoms with Crippen LogP contribution in [-0.4, -0.2) is 19.4 Å². The third-order valence-corrected chi connectivity index (χ3v) is 6.34. The molecule has 0 atom stereocenters. The van der Waals surface area contributed by atoms with Crippen LogP contribution in [0.15, 0.2) is 110 Å². The van der Waals surface area contributed by atoms with Crippen molar-refractivity contribution in [2.75, 3.05) is 0 Å². The smallest absolute Gasteiger partial charge is 0.234 e. The van der Waals surface area contributed by atoms with Gasteiger partial charge in [-0.05, 0) is 45.3 Å². The van der Waals surface area contributed by atoms with Gasteiger partial charge in [0.2, 0.25) is 5.78 Å². The minimum Gasteiger partial charge on any atom is -0.291 e. The van der Waals surface area contributed by atoms with Gasteiger partial charge in [0.05, 0.1) is 11.2 Å². The van der Waals surface area contributed by atoms with E-state index in [0.717, 1.165) is 27.9 Å². The molecule has 3 heterocycles. The van der Waals surface area contributed by atoms with Crippen molar-refractivity contribution < 1.29 is 0 Å². The summed E-state index contributed by atoms with van der Waals surface area (Å²) in [4.78, 5) is 13.7. The average Bonchev–Trinajstić information content (AvgIpc) is 3.32. The van der Waals surface area contributed by atoms with Crippen LogP contribution < -0.4 is 0 Å². The predicted molar refractivity (Wildman–Crippen MR) is 134 cm³/mol. The highest BCUT2D eigenvalue weighted by Crippen LogP contribution is 2.37. The van der Waals surface area contributed by atoms with Crippen molar-refractivity contribution in [1.29, 1.82) is 0 Å². The molecule has 0 unspecified atom stereocenters. The minimum absolute atomic E-state index is 0.702. The van der Waals surface area contributed by atoms with Gasteiger partial charge in [0, 0.05) is 41.3 Å².